The molecule has 1 aliphatic carbocycles. The number of halogens is 1. The van der Waals surface area contributed by atoms with Crippen molar-refractivity contribution in [3.05, 3.63) is 67.8 Å². The number of fused-ring (bicyclic) bond motifs is 1. The molecule has 0 fully saturated rings. The molecule has 1 nitrogen and oxygen atoms in total. The van der Waals surface area contributed by atoms with Crippen LogP contribution >= 0.6 is 22.6 Å². The highest BCUT2D eigenvalue weighted by molar-refractivity contribution is 14.1. The number of nitrogens with one attached hydrogen (secondary N) is 1. The Balaban J connectivity index is 2.03. The van der Waals surface area contributed by atoms with Gasteiger partial charge in [0.15, 0.2) is 0 Å². The summed E-state index contributed by atoms with van der Waals surface area (Å²) < 4.78 is 1.37. The normalized spacial score (nSPS) is 15.2. The summed E-state index contributed by atoms with van der Waals surface area (Å²) in [5.41, 5.74) is 7.21. The van der Waals surface area contributed by atoms with Gasteiger partial charge >= 0.3 is 0 Å². The fraction of sp³-hybridized carbons (Fsp3) is 0.333. The van der Waals surface area contributed by atoms with Gasteiger partial charge in [-0.25, -0.2) is 0 Å². The Bertz CT molecular complexity index is 633. The van der Waals surface area contributed by atoms with Crippen LogP contribution in [0, 0.1) is 10.5 Å². The number of aryl methyl sites for hydroxylation is 3. The number of hydrogen-bond acceptors (Lipinski definition) is 1. The molecule has 0 aliphatic heterocycles. The largest absolute Gasteiger partial charge is 0.309 e. The molecule has 2 aromatic carbocycles. The van der Waals surface area contributed by atoms with Gasteiger partial charge in [0, 0.05) is 3.57 Å². The van der Waals surface area contributed by atoms with Gasteiger partial charge in [-0.2, -0.15) is 0 Å². The van der Waals surface area contributed by atoms with Crippen LogP contribution in [0.4, 0.5) is 0 Å². The van der Waals surface area contributed by atoms with Crippen LogP contribution in [0.5, 0.6) is 0 Å². The Morgan fingerprint density at radius 1 is 1.10 bits per heavy atom. The fourth-order valence-corrected chi connectivity index (χ4v) is 3.84. The molecule has 2 heteroatoms. The third-order valence-electron chi connectivity index (χ3n) is 4.28. The summed E-state index contributed by atoms with van der Waals surface area (Å²) in [6.07, 6.45) is 3.80. The molecule has 0 bridgehead atoms. The third-order valence-corrected chi connectivity index (χ3v) is 5.75. The van der Waals surface area contributed by atoms with Gasteiger partial charge in [-0.1, -0.05) is 36.4 Å². The molecule has 0 saturated heterocycles. The van der Waals surface area contributed by atoms with E-state index in [0.29, 0.717) is 0 Å². The smallest absolute Gasteiger partial charge is 0.0584 e. The van der Waals surface area contributed by atoms with Gasteiger partial charge in [-0.3, -0.25) is 0 Å². The van der Waals surface area contributed by atoms with E-state index in [4.69, 9.17) is 0 Å². The van der Waals surface area contributed by atoms with Gasteiger partial charge in [0.2, 0.25) is 0 Å². The zero-order valence-electron chi connectivity index (χ0n) is 12.0. The number of rotatable bonds is 3. The van der Waals surface area contributed by atoms with E-state index in [0.717, 1.165) is 0 Å². The third kappa shape index (κ3) is 2.51. The lowest BCUT2D eigenvalue weighted by Gasteiger charge is -2.20. The molecule has 0 spiro atoms. The molecule has 2 aromatic rings. The van der Waals surface area contributed by atoms with Crippen molar-refractivity contribution in [2.45, 2.75) is 32.2 Å². The SMILES string of the molecule is CNC(c1ccc2c(c1)CCC2)c1cccc(C)c1I. The zero-order valence-corrected chi connectivity index (χ0v) is 14.2. The summed E-state index contributed by atoms with van der Waals surface area (Å²) in [4.78, 5) is 0. The van der Waals surface area contributed by atoms with Gasteiger partial charge in [-0.05, 0) is 83.6 Å². The van der Waals surface area contributed by atoms with E-state index in [2.05, 4.69) is 78.3 Å². The van der Waals surface area contributed by atoms with Crippen LogP contribution in [0.25, 0.3) is 0 Å². The predicted octanol–water partition coefficient (Wildman–Crippen LogP) is 4.40. The predicted molar refractivity (Wildman–Crippen MR) is 93.3 cm³/mol. The lowest BCUT2D eigenvalue weighted by Crippen LogP contribution is -2.19. The first-order chi connectivity index (χ1) is 9.70. The van der Waals surface area contributed by atoms with Crippen LogP contribution in [0.2, 0.25) is 0 Å². The van der Waals surface area contributed by atoms with Crippen molar-refractivity contribution < 1.29 is 0 Å². The van der Waals surface area contributed by atoms with Crippen LogP contribution in [0.15, 0.2) is 36.4 Å². The highest BCUT2D eigenvalue weighted by Gasteiger charge is 2.18. The summed E-state index contributed by atoms with van der Waals surface area (Å²) in [5.74, 6) is 0. The Morgan fingerprint density at radius 3 is 2.70 bits per heavy atom. The van der Waals surface area contributed by atoms with Crippen LogP contribution in [-0.4, -0.2) is 7.05 Å². The van der Waals surface area contributed by atoms with Crippen molar-refractivity contribution in [1.29, 1.82) is 0 Å². The van der Waals surface area contributed by atoms with E-state index < -0.39 is 0 Å². The van der Waals surface area contributed by atoms with Gasteiger partial charge in [-0.15, -0.1) is 0 Å². The highest BCUT2D eigenvalue weighted by Crippen LogP contribution is 2.31. The standard InChI is InChI=1S/C18H20IN/c1-12-5-3-8-16(17(12)19)18(20-2)15-10-9-13-6-4-7-14(13)11-15/h3,5,8-11,18,20H,4,6-7H2,1-2H3. The Morgan fingerprint density at radius 2 is 1.90 bits per heavy atom. The first kappa shape index (κ1) is 14.1. The second kappa shape index (κ2) is 5.86. The average Bonchev–Trinajstić information content (AvgIpc) is 2.92. The summed E-state index contributed by atoms with van der Waals surface area (Å²) in [5, 5.41) is 3.49. The van der Waals surface area contributed by atoms with E-state index in [-0.39, 0.29) is 6.04 Å². The molecular formula is C18H20IN. The van der Waals surface area contributed by atoms with E-state index in [1.165, 1.54) is 39.5 Å². The summed E-state index contributed by atoms with van der Waals surface area (Å²) >= 11 is 2.47. The van der Waals surface area contributed by atoms with Gasteiger partial charge < -0.3 is 5.32 Å². The van der Waals surface area contributed by atoms with Crippen LogP contribution in [0.3, 0.4) is 0 Å². The van der Waals surface area contributed by atoms with E-state index in [1.54, 1.807) is 11.1 Å². The van der Waals surface area contributed by atoms with Crippen LogP contribution in [0.1, 0.15) is 40.3 Å². The minimum atomic E-state index is 0.285. The molecule has 0 amide bonds. The highest BCUT2D eigenvalue weighted by atomic mass is 127. The maximum absolute atomic E-state index is 3.49. The molecule has 0 radical (unpaired) electrons. The van der Waals surface area contributed by atoms with E-state index in [1.807, 2.05) is 0 Å². The Hall–Kier alpha value is -0.870. The zero-order chi connectivity index (χ0) is 14.1. The maximum Gasteiger partial charge on any atom is 0.0584 e. The molecule has 0 aromatic heterocycles. The van der Waals surface area contributed by atoms with Crippen LogP contribution in [-0.2, 0) is 12.8 Å². The molecule has 0 heterocycles. The Kier molecular flexibility index (Phi) is 4.13. The van der Waals surface area contributed by atoms with Gasteiger partial charge in [0.1, 0.15) is 0 Å². The summed E-state index contributed by atoms with van der Waals surface area (Å²) in [7, 11) is 2.05. The van der Waals surface area contributed by atoms with E-state index >= 15 is 0 Å². The number of benzene rings is 2. The second-order valence-corrected chi connectivity index (χ2v) is 6.66. The topological polar surface area (TPSA) is 12.0 Å². The van der Waals surface area contributed by atoms with Crippen molar-refractivity contribution in [1.82, 2.24) is 5.32 Å². The molecule has 3 rings (SSSR count). The summed E-state index contributed by atoms with van der Waals surface area (Å²) in [6.45, 7) is 2.18. The van der Waals surface area contributed by atoms with E-state index in [9.17, 15) is 0 Å². The summed E-state index contributed by atoms with van der Waals surface area (Å²) in [6, 6.07) is 13.9. The van der Waals surface area contributed by atoms with Crippen molar-refractivity contribution >= 4 is 22.6 Å². The fourth-order valence-electron chi connectivity index (χ4n) is 3.17. The van der Waals surface area contributed by atoms with Crippen molar-refractivity contribution in [3.8, 4) is 0 Å². The minimum absolute atomic E-state index is 0.285. The second-order valence-electron chi connectivity index (χ2n) is 5.58. The van der Waals surface area contributed by atoms with Crippen LogP contribution < -0.4 is 5.32 Å². The average molecular weight is 377 g/mol. The van der Waals surface area contributed by atoms with Gasteiger partial charge in [0.05, 0.1) is 6.04 Å². The number of hydrogen-bond donors (Lipinski definition) is 1. The first-order valence-electron chi connectivity index (χ1n) is 7.24. The maximum atomic E-state index is 3.49. The molecule has 1 aliphatic rings. The molecular weight excluding hydrogens is 357 g/mol. The Labute approximate surface area is 134 Å². The van der Waals surface area contributed by atoms with Crippen molar-refractivity contribution in [2.24, 2.45) is 0 Å². The molecule has 1 atom stereocenters. The molecule has 1 unspecified atom stereocenters. The van der Waals surface area contributed by atoms with Gasteiger partial charge in [0.25, 0.3) is 0 Å². The monoisotopic (exact) mass is 377 g/mol. The molecule has 20 heavy (non-hydrogen) atoms. The lowest BCUT2D eigenvalue weighted by molar-refractivity contribution is 0.687. The van der Waals surface area contributed by atoms with Crippen molar-refractivity contribution in [3.63, 3.8) is 0 Å². The minimum Gasteiger partial charge on any atom is -0.309 e. The molecule has 0 saturated carbocycles. The molecule has 104 valence electrons. The molecule has 1 N–H and O–H groups in total. The first-order valence-corrected chi connectivity index (χ1v) is 8.32. The van der Waals surface area contributed by atoms with Crippen molar-refractivity contribution in [2.75, 3.05) is 7.05 Å². The lowest BCUT2D eigenvalue weighted by atomic mass is 9.95. The quantitative estimate of drug-likeness (QED) is 0.782.